The fraction of sp³-hybridized carbons (Fsp3) is 0.667. The van der Waals surface area contributed by atoms with E-state index >= 15 is 0 Å². The molecule has 1 aromatic rings. The van der Waals surface area contributed by atoms with E-state index in [1.54, 1.807) is 0 Å². The van der Waals surface area contributed by atoms with Crippen molar-refractivity contribution in [2.75, 3.05) is 13.1 Å². The Hall–Kier alpha value is -1.92. The molecule has 0 radical (unpaired) electrons. The molecule has 1 heterocycles. The lowest BCUT2D eigenvalue weighted by atomic mass is 10.2. The van der Waals surface area contributed by atoms with Crippen molar-refractivity contribution in [3.63, 3.8) is 0 Å². The number of aromatic nitrogens is 3. The van der Waals surface area contributed by atoms with Crippen LogP contribution < -0.4 is 10.6 Å². The lowest BCUT2D eigenvalue weighted by Crippen LogP contribution is -2.25. The van der Waals surface area contributed by atoms with Gasteiger partial charge in [-0.15, -0.1) is 0 Å². The minimum atomic E-state index is -0.00911. The highest BCUT2D eigenvalue weighted by Crippen LogP contribution is 1.99. The quantitative estimate of drug-likeness (QED) is 0.555. The molecule has 3 N–H and O–H groups in total. The topological polar surface area (TPSA) is 99.8 Å². The number of carbonyl (C=O) groups excluding carboxylic acids is 2. The SMILES string of the molecule is CC(=O)NCCCCCC(=O)NCCc1ncn[nH]1. The number of unbranched alkanes of at least 4 members (excludes halogenated alkanes) is 2. The summed E-state index contributed by atoms with van der Waals surface area (Å²) in [5.41, 5.74) is 0. The molecule has 19 heavy (non-hydrogen) atoms. The molecule has 0 atom stereocenters. The van der Waals surface area contributed by atoms with Crippen LogP contribution in [0.5, 0.6) is 0 Å². The van der Waals surface area contributed by atoms with Crippen LogP contribution in [-0.4, -0.2) is 40.1 Å². The molecule has 0 aliphatic rings. The second kappa shape index (κ2) is 9.07. The summed E-state index contributed by atoms with van der Waals surface area (Å²) in [5, 5.41) is 12.0. The van der Waals surface area contributed by atoms with Crippen molar-refractivity contribution in [3.05, 3.63) is 12.2 Å². The van der Waals surface area contributed by atoms with E-state index in [-0.39, 0.29) is 11.8 Å². The van der Waals surface area contributed by atoms with Crippen LogP contribution in [-0.2, 0) is 16.0 Å². The molecule has 0 aliphatic carbocycles. The van der Waals surface area contributed by atoms with E-state index in [9.17, 15) is 9.59 Å². The monoisotopic (exact) mass is 267 g/mol. The molecule has 0 unspecified atom stereocenters. The van der Waals surface area contributed by atoms with Crippen molar-refractivity contribution in [1.29, 1.82) is 0 Å². The van der Waals surface area contributed by atoms with Gasteiger partial charge < -0.3 is 10.6 Å². The van der Waals surface area contributed by atoms with Gasteiger partial charge in [0.2, 0.25) is 11.8 Å². The fourth-order valence-electron chi connectivity index (χ4n) is 1.61. The highest BCUT2D eigenvalue weighted by atomic mass is 16.2. The normalized spacial score (nSPS) is 10.2. The first kappa shape index (κ1) is 15.1. The molecule has 1 aromatic heterocycles. The van der Waals surface area contributed by atoms with Crippen LogP contribution in [0.1, 0.15) is 38.4 Å². The number of nitrogens with zero attached hydrogens (tertiary/aromatic N) is 2. The number of amides is 2. The second-order valence-electron chi connectivity index (χ2n) is 4.33. The van der Waals surface area contributed by atoms with Crippen molar-refractivity contribution < 1.29 is 9.59 Å². The van der Waals surface area contributed by atoms with Crippen LogP contribution in [0.4, 0.5) is 0 Å². The van der Waals surface area contributed by atoms with E-state index in [1.807, 2.05) is 0 Å². The maximum atomic E-state index is 11.5. The fourth-order valence-corrected chi connectivity index (χ4v) is 1.61. The Kier molecular flexibility index (Phi) is 7.23. The van der Waals surface area contributed by atoms with E-state index in [1.165, 1.54) is 13.3 Å². The smallest absolute Gasteiger partial charge is 0.220 e. The third-order valence-corrected chi connectivity index (χ3v) is 2.60. The van der Waals surface area contributed by atoms with Crippen molar-refractivity contribution in [1.82, 2.24) is 25.8 Å². The average Bonchev–Trinajstić information content (AvgIpc) is 2.86. The summed E-state index contributed by atoms with van der Waals surface area (Å²) >= 11 is 0. The molecular formula is C12H21N5O2. The van der Waals surface area contributed by atoms with Gasteiger partial charge in [0.15, 0.2) is 0 Å². The minimum Gasteiger partial charge on any atom is -0.356 e. The van der Waals surface area contributed by atoms with E-state index in [0.29, 0.717) is 25.9 Å². The van der Waals surface area contributed by atoms with E-state index in [2.05, 4.69) is 25.8 Å². The van der Waals surface area contributed by atoms with Gasteiger partial charge in [-0.25, -0.2) is 4.98 Å². The number of rotatable bonds is 9. The van der Waals surface area contributed by atoms with Gasteiger partial charge in [0.25, 0.3) is 0 Å². The zero-order chi connectivity index (χ0) is 13.9. The molecule has 0 saturated carbocycles. The Balaban J connectivity index is 1.92. The van der Waals surface area contributed by atoms with Crippen molar-refractivity contribution in [3.8, 4) is 0 Å². The van der Waals surface area contributed by atoms with Gasteiger partial charge in [-0.3, -0.25) is 14.7 Å². The lowest BCUT2D eigenvalue weighted by molar-refractivity contribution is -0.121. The summed E-state index contributed by atoms with van der Waals surface area (Å²) in [4.78, 5) is 26.1. The number of nitrogens with one attached hydrogen (secondary N) is 3. The van der Waals surface area contributed by atoms with Gasteiger partial charge in [-0.1, -0.05) is 6.42 Å². The Morgan fingerprint density at radius 3 is 2.74 bits per heavy atom. The summed E-state index contributed by atoms with van der Waals surface area (Å²) in [6, 6.07) is 0. The Morgan fingerprint density at radius 1 is 1.21 bits per heavy atom. The molecule has 0 bridgehead atoms. The van der Waals surface area contributed by atoms with Gasteiger partial charge in [-0.2, -0.15) is 5.10 Å². The molecule has 7 heteroatoms. The van der Waals surface area contributed by atoms with Crippen LogP contribution >= 0.6 is 0 Å². The maximum Gasteiger partial charge on any atom is 0.220 e. The van der Waals surface area contributed by atoms with Crippen molar-refractivity contribution >= 4 is 11.8 Å². The Labute approximate surface area is 112 Å². The van der Waals surface area contributed by atoms with Crippen LogP contribution in [0.15, 0.2) is 6.33 Å². The largest absolute Gasteiger partial charge is 0.356 e. The third kappa shape index (κ3) is 7.91. The lowest BCUT2D eigenvalue weighted by Gasteiger charge is -2.04. The molecule has 0 fully saturated rings. The standard InChI is InChI=1S/C12H21N5O2/c1-10(18)13-7-4-2-3-5-12(19)14-8-6-11-15-9-16-17-11/h9H,2-8H2,1H3,(H,13,18)(H,14,19)(H,15,16,17). The minimum absolute atomic E-state index is 0.00911. The van der Waals surface area contributed by atoms with Gasteiger partial charge in [0.05, 0.1) is 0 Å². The number of hydrogen-bond donors (Lipinski definition) is 3. The van der Waals surface area contributed by atoms with Crippen LogP contribution in [0.3, 0.4) is 0 Å². The highest BCUT2D eigenvalue weighted by molar-refractivity contribution is 5.75. The van der Waals surface area contributed by atoms with Gasteiger partial charge in [0, 0.05) is 32.9 Å². The summed E-state index contributed by atoms with van der Waals surface area (Å²) in [6.07, 6.45) is 5.32. The zero-order valence-corrected chi connectivity index (χ0v) is 11.2. The summed E-state index contributed by atoms with van der Waals surface area (Å²) < 4.78 is 0. The number of aromatic amines is 1. The first-order valence-corrected chi connectivity index (χ1v) is 6.54. The van der Waals surface area contributed by atoms with E-state index < -0.39 is 0 Å². The van der Waals surface area contributed by atoms with Gasteiger partial charge in [0.1, 0.15) is 12.2 Å². The molecular weight excluding hydrogens is 246 g/mol. The molecule has 7 nitrogen and oxygen atoms in total. The maximum absolute atomic E-state index is 11.5. The average molecular weight is 267 g/mol. The number of H-pyrrole nitrogens is 1. The van der Waals surface area contributed by atoms with Gasteiger partial charge >= 0.3 is 0 Å². The van der Waals surface area contributed by atoms with E-state index in [0.717, 1.165) is 25.1 Å². The Morgan fingerprint density at radius 2 is 2.05 bits per heavy atom. The highest BCUT2D eigenvalue weighted by Gasteiger charge is 2.01. The molecule has 0 aliphatic heterocycles. The van der Waals surface area contributed by atoms with Crippen molar-refractivity contribution in [2.24, 2.45) is 0 Å². The van der Waals surface area contributed by atoms with Gasteiger partial charge in [-0.05, 0) is 12.8 Å². The predicted molar refractivity (Wildman–Crippen MR) is 70.2 cm³/mol. The predicted octanol–water partition coefficient (Wildman–Crippen LogP) is 0.160. The first-order valence-electron chi connectivity index (χ1n) is 6.54. The molecule has 0 saturated heterocycles. The molecule has 2 amide bonds. The zero-order valence-electron chi connectivity index (χ0n) is 11.2. The summed E-state index contributed by atoms with van der Waals surface area (Å²) in [6.45, 7) is 2.75. The Bertz CT molecular complexity index is 377. The van der Waals surface area contributed by atoms with Crippen LogP contribution in [0, 0.1) is 0 Å². The van der Waals surface area contributed by atoms with E-state index in [4.69, 9.17) is 0 Å². The van der Waals surface area contributed by atoms with Crippen LogP contribution in [0.2, 0.25) is 0 Å². The molecule has 0 aromatic carbocycles. The summed E-state index contributed by atoms with van der Waals surface area (Å²) in [7, 11) is 0. The number of carbonyl (C=O) groups is 2. The van der Waals surface area contributed by atoms with Crippen molar-refractivity contribution in [2.45, 2.75) is 39.0 Å². The summed E-state index contributed by atoms with van der Waals surface area (Å²) in [5.74, 6) is 0.819. The molecule has 1 rings (SSSR count). The molecule has 0 spiro atoms. The first-order chi connectivity index (χ1) is 9.18. The van der Waals surface area contributed by atoms with Crippen LogP contribution in [0.25, 0.3) is 0 Å². The third-order valence-electron chi connectivity index (χ3n) is 2.60. The molecule has 106 valence electrons. The second-order valence-corrected chi connectivity index (χ2v) is 4.33. The number of hydrogen-bond acceptors (Lipinski definition) is 4.